The number of carbonyl (C=O) groups excluding carboxylic acids is 1. The molecule has 1 saturated carbocycles. The fraction of sp³-hybridized carbons (Fsp3) is 0.333. The van der Waals surface area contributed by atoms with Crippen molar-refractivity contribution < 1.29 is 13.2 Å². The normalized spacial score (nSPS) is 25.3. The average molecular weight is 369 g/mol. The summed E-state index contributed by atoms with van der Waals surface area (Å²) in [6, 6.07) is 8.08. The van der Waals surface area contributed by atoms with Crippen LogP contribution in [-0.2, 0) is 26.7 Å². The third kappa shape index (κ3) is 2.29. The molecule has 1 aromatic heterocycles. The molecular weight excluding hydrogens is 356 g/mol. The summed E-state index contributed by atoms with van der Waals surface area (Å²) in [5, 5.41) is 1.22. The molecule has 5 nitrogen and oxygen atoms in total. The van der Waals surface area contributed by atoms with Gasteiger partial charge in [0.1, 0.15) is 4.90 Å². The van der Waals surface area contributed by atoms with E-state index in [4.69, 9.17) is 11.6 Å². The maximum atomic E-state index is 12.4. The zero-order valence-corrected chi connectivity index (χ0v) is 14.3. The highest BCUT2D eigenvalue weighted by Gasteiger charge is 2.61. The minimum Gasteiger partial charge on any atom is -0.274 e. The molecule has 2 atom stereocenters. The Bertz CT molecular complexity index is 909. The minimum atomic E-state index is -3.96. The van der Waals surface area contributed by atoms with Crippen LogP contribution in [0.3, 0.4) is 0 Å². The van der Waals surface area contributed by atoms with Gasteiger partial charge in [0.05, 0.1) is 0 Å². The van der Waals surface area contributed by atoms with E-state index in [2.05, 4.69) is 15.2 Å². The van der Waals surface area contributed by atoms with Crippen molar-refractivity contribution in [2.24, 2.45) is 5.92 Å². The largest absolute Gasteiger partial charge is 0.274 e. The molecule has 0 aliphatic heterocycles. The zero-order valence-electron chi connectivity index (χ0n) is 12.0. The van der Waals surface area contributed by atoms with Crippen molar-refractivity contribution in [3.05, 3.63) is 45.9 Å². The van der Waals surface area contributed by atoms with Crippen molar-refractivity contribution in [3.63, 3.8) is 0 Å². The number of hydrogen-bond donors (Lipinski definition) is 1. The number of amides is 1. The van der Waals surface area contributed by atoms with Crippen molar-refractivity contribution in [1.82, 2.24) is 9.10 Å². The van der Waals surface area contributed by atoms with E-state index in [1.807, 2.05) is 18.2 Å². The lowest BCUT2D eigenvalue weighted by atomic mass is 9.95. The van der Waals surface area contributed by atoms with E-state index in [9.17, 15) is 13.2 Å². The van der Waals surface area contributed by atoms with Gasteiger partial charge in [-0.25, -0.2) is 13.1 Å². The highest BCUT2D eigenvalue weighted by Crippen LogP contribution is 2.61. The van der Waals surface area contributed by atoms with Gasteiger partial charge < -0.3 is 0 Å². The number of aryl methyl sites for hydroxylation is 1. The van der Waals surface area contributed by atoms with Gasteiger partial charge in [0.15, 0.2) is 5.15 Å². The number of sulfonamides is 1. The molecule has 4 rings (SSSR count). The summed E-state index contributed by atoms with van der Waals surface area (Å²) in [6.07, 6.45) is 2.53. The number of nitrogens with zero attached hydrogens (tertiary/aromatic N) is 1. The lowest BCUT2D eigenvalue weighted by molar-refractivity contribution is -0.121. The second kappa shape index (κ2) is 5.03. The second-order valence-electron chi connectivity index (χ2n) is 6.01. The second-order valence-corrected chi connectivity index (χ2v) is 8.65. The summed E-state index contributed by atoms with van der Waals surface area (Å²) >= 11 is 6.70. The predicted octanol–water partition coefficient (Wildman–Crippen LogP) is 2.51. The monoisotopic (exact) mass is 368 g/mol. The topological polar surface area (TPSA) is 76.1 Å². The molecule has 2 aromatic rings. The molecule has 23 heavy (non-hydrogen) atoms. The van der Waals surface area contributed by atoms with E-state index in [-0.39, 0.29) is 21.4 Å². The molecule has 2 aliphatic carbocycles. The first kappa shape index (κ1) is 15.1. The highest BCUT2D eigenvalue weighted by atomic mass is 35.5. The van der Waals surface area contributed by atoms with Gasteiger partial charge in [-0.05, 0) is 41.9 Å². The van der Waals surface area contributed by atoms with Crippen LogP contribution in [0.5, 0.6) is 0 Å². The Kier molecular flexibility index (Phi) is 3.30. The molecule has 0 radical (unpaired) electrons. The Morgan fingerprint density at radius 3 is 2.91 bits per heavy atom. The SMILES string of the molecule is O=C(NS(=O)(=O)c1csnc1Cl)C1CC12CCc1ccccc12. The number of carbonyl (C=O) groups is 1. The molecule has 8 heteroatoms. The first-order valence-electron chi connectivity index (χ1n) is 7.19. The lowest BCUT2D eigenvalue weighted by Gasteiger charge is -2.11. The highest BCUT2D eigenvalue weighted by molar-refractivity contribution is 7.90. The molecule has 2 aliphatic rings. The third-order valence-corrected chi connectivity index (χ3v) is 7.45. The summed E-state index contributed by atoms with van der Waals surface area (Å²) in [5.41, 5.74) is 2.26. The number of hydrogen-bond acceptors (Lipinski definition) is 5. The summed E-state index contributed by atoms with van der Waals surface area (Å²) in [4.78, 5) is 12.3. The maximum Gasteiger partial charge on any atom is 0.268 e. The Balaban J connectivity index is 1.56. The molecule has 1 aromatic carbocycles. The van der Waals surface area contributed by atoms with Crippen LogP contribution in [0.1, 0.15) is 24.0 Å². The van der Waals surface area contributed by atoms with Gasteiger partial charge in [-0.2, -0.15) is 4.37 Å². The first-order valence-corrected chi connectivity index (χ1v) is 9.89. The number of nitrogens with one attached hydrogen (secondary N) is 1. The van der Waals surface area contributed by atoms with Crippen LogP contribution in [0, 0.1) is 5.92 Å². The van der Waals surface area contributed by atoms with Crippen LogP contribution in [0.2, 0.25) is 5.15 Å². The number of fused-ring (bicyclic) bond motifs is 2. The van der Waals surface area contributed by atoms with Crippen molar-refractivity contribution >= 4 is 39.1 Å². The van der Waals surface area contributed by atoms with Crippen molar-refractivity contribution in [3.8, 4) is 0 Å². The Labute approximate surface area is 142 Å². The van der Waals surface area contributed by atoms with Crippen molar-refractivity contribution in [2.75, 3.05) is 0 Å². The van der Waals surface area contributed by atoms with Crippen LogP contribution in [0.25, 0.3) is 0 Å². The molecule has 0 bridgehead atoms. The Morgan fingerprint density at radius 2 is 2.17 bits per heavy atom. The number of benzene rings is 1. The lowest BCUT2D eigenvalue weighted by Crippen LogP contribution is -2.33. The number of rotatable bonds is 3. The van der Waals surface area contributed by atoms with Crippen LogP contribution in [0.15, 0.2) is 34.5 Å². The summed E-state index contributed by atoms with van der Waals surface area (Å²) in [6.45, 7) is 0. The van der Waals surface area contributed by atoms with Crippen molar-refractivity contribution in [1.29, 1.82) is 0 Å². The molecule has 2 unspecified atom stereocenters. The van der Waals surface area contributed by atoms with Crippen LogP contribution >= 0.6 is 23.1 Å². The van der Waals surface area contributed by atoms with E-state index in [0.29, 0.717) is 6.42 Å². The van der Waals surface area contributed by atoms with Crippen LogP contribution in [0.4, 0.5) is 0 Å². The Morgan fingerprint density at radius 1 is 1.39 bits per heavy atom. The molecule has 1 heterocycles. The molecule has 1 spiro atoms. The Hall–Kier alpha value is -1.44. The first-order chi connectivity index (χ1) is 10.9. The summed E-state index contributed by atoms with van der Waals surface area (Å²) < 4.78 is 30.4. The quantitative estimate of drug-likeness (QED) is 0.903. The number of aromatic nitrogens is 1. The van der Waals surface area contributed by atoms with E-state index >= 15 is 0 Å². The number of halogens is 1. The zero-order chi connectivity index (χ0) is 16.2. The van der Waals surface area contributed by atoms with Gasteiger partial charge in [0.25, 0.3) is 10.0 Å². The van der Waals surface area contributed by atoms with Gasteiger partial charge >= 0.3 is 0 Å². The molecule has 0 saturated heterocycles. The molecular formula is C15H13ClN2O3S2. The van der Waals surface area contributed by atoms with Gasteiger partial charge in [0.2, 0.25) is 5.91 Å². The third-order valence-electron chi connectivity index (χ3n) is 4.81. The van der Waals surface area contributed by atoms with E-state index in [1.165, 1.54) is 16.5 Å². The maximum absolute atomic E-state index is 12.4. The minimum absolute atomic E-state index is 0.105. The molecule has 1 fully saturated rings. The van der Waals surface area contributed by atoms with E-state index in [1.54, 1.807) is 0 Å². The fourth-order valence-corrected chi connectivity index (χ4v) is 6.06. The van der Waals surface area contributed by atoms with Crippen molar-refractivity contribution in [2.45, 2.75) is 29.6 Å². The molecule has 120 valence electrons. The van der Waals surface area contributed by atoms with Gasteiger partial charge in [-0.1, -0.05) is 35.9 Å². The predicted molar refractivity (Wildman–Crippen MR) is 87.0 cm³/mol. The molecule has 1 N–H and O–H groups in total. The average Bonchev–Trinajstić information content (AvgIpc) is 2.88. The molecule has 1 amide bonds. The van der Waals surface area contributed by atoms with Crippen LogP contribution in [-0.4, -0.2) is 18.7 Å². The van der Waals surface area contributed by atoms with Gasteiger partial charge in [-0.3, -0.25) is 4.79 Å². The van der Waals surface area contributed by atoms with Gasteiger partial charge in [-0.15, -0.1) is 0 Å². The standard InChI is InChI=1S/C15H13ClN2O3S2/c16-13-12(8-22-17-13)23(20,21)18-14(19)11-7-15(11)6-5-9-3-1-2-4-10(9)15/h1-4,8,11H,5-7H2,(H,18,19). The smallest absolute Gasteiger partial charge is 0.268 e. The van der Waals surface area contributed by atoms with Crippen LogP contribution < -0.4 is 4.72 Å². The van der Waals surface area contributed by atoms with Gasteiger partial charge in [0, 0.05) is 16.7 Å². The summed E-state index contributed by atoms with van der Waals surface area (Å²) in [7, 11) is -3.96. The van der Waals surface area contributed by atoms with E-state index in [0.717, 1.165) is 24.4 Å². The van der Waals surface area contributed by atoms with E-state index < -0.39 is 15.9 Å². The summed E-state index contributed by atoms with van der Waals surface area (Å²) in [5.74, 6) is -0.754. The fourth-order valence-electron chi connectivity index (χ4n) is 3.59.